The van der Waals surface area contributed by atoms with Gasteiger partial charge in [-0.15, -0.1) is 0 Å². The maximum Gasteiger partial charge on any atom is 0.134 e. The van der Waals surface area contributed by atoms with E-state index >= 15 is 0 Å². The molecule has 0 radical (unpaired) electrons. The third-order valence-corrected chi connectivity index (χ3v) is 3.83. The first-order valence-electron chi connectivity index (χ1n) is 7.07. The van der Waals surface area contributed by atoms with E-state index in [4.69, 9.17) is 5.73 Å². The Morgan fingerprint density at radius 1 is 1.22 bits per heavy atom. The van der Waals surface area contributed by atoms with E-state index < -0.39 is 0 Å². The molecule has 1 aliphatic rings. The van der Waals surface area contributed by atoms with Crippen LogP contribution < -0.4 is 10.6 Å². The zero-order valence-electron chi connectivity index (χ0n) is 11.5. The number of rotatable bonds is 3. The fourth-order valence-electron chi connectivity index (χ4n) is 2.67. The van der Waals surface area contributed by atoms with E-state index in [0.29, 0.717) is 11.9 Å². The van der Waals surface area contributed by atoms with Crippen LogP contribution in [0, 0.1) is 0 Å². The van der Waals surface area contributed by atoms with Gasteiger partial charge in [-0.3, -0.25) is 0 Å². The van der Waals surface area contributed by atoms with Gasteiger partial charge in [-0.05, 0) is 12.8 Å². The Balaban J connectivity index is 2.15. The van der Waals surface area contributed by atoms with Crippen molar-refractivity contribution in [2.24, 2.45) is 0 Å². The van der Waals surface area contributed by atoms with Crippen LogP contribution in [0.2, 0.25) is 0 Å². The highest BCUT2D eigenvalue weighted by Crippen LogP contribution is 2.25. The summed E-state index contributed by atoms with van der Waals surface area (Å²) in [6, 6.07) is 2.50. The summed E-state index contributed by atoms with van der Waals surface area (Å²) in [5.74, 6) is 2.40. The molecular weight excluding hydrogens is 224 g/mol. The lowest BCUT2D eigenvalue weighted by atomic mass is 10.1. The van der Waals surface area contributed by atoms with E-state index in [1.165, 1.54) is 38.5 Å². The minimum absolute atomic E-state index is 0.581. The summed E-state index contributed by atoms with van der Waals surface area (Å²) >= 11 is 0. The molecule has 100 valence electrons. The lowest BCUT2D eigenvalue weighted by Crippen LogP contribution is -2.32. The van der Waals surface area contributed by atoms with E-state index in [0.717, 1.165) is 18.1 Å². The first-order chi connectivity index (χ1) is 8.70. The molecule has 1 fully saturated rings. The van der Waals surface area contributed by atoms with Crippen molar-refractivity contribution in [2.75, 3.05) is 17.7 Å². The van der Waals surface area contributed by atoms with E-state index in [2.05, 4.69) is 28.8 Å². The lowest BCUT2D eigenvalue weighted by Gasteiger charge is -2.28. The second kappa shape index (κ2) is 6.03. The molecule has 1 heterocycles. The number of anilines is 2. The number of aryl methyl sites for hydroxylation is 1. The Labute approximate surface area is 110 Å². The monoisotopic (exact) mass is 248 g/mol. The molecule has 1 aromatic heterocycles. The molecule has 0 saturated heterocycles. The maximum atomic E-state index is 5.86. The van der Waals surface area contributed by atoms with Gasteiger partial charge in [-0.2, -0.15) is 0 Å². The lowest BCUT2D eigenvalue weighted by molar-refractivity contribution is 0.548. The third kappa shape index (κ3) is 3.12. The van der Waals surface area contributed by atoms with Crippen molar-refractivity contribution in [3.8, 4) is 0 Å². The molecule has 1 saturated carbocycles. The van der Waals surface area contributed by atoms with Crippen LogP contribution in [0.25, 0.3) is 0 Å². The van der Waals surface area contributed by atoms with E-state index in [9.17, 15) is 0 Å². The number of nitrogens with zero attached hydrogens (tertiary/aromatic N) is 3. The Morgan fingerprint density at radius 2 is 1.89 bits per heavy atom. The SMILES string of the molecule is CCc1nc(N)cc(N(C)C2CCCCCC2)n1. The first kappa shape index (κ1) is 13.1. The summed E-state index contributed by atoms with van der Waals surface area (Å²) in [5.41, 5.74) is 5.86. The molecule has 0 bridgehead atoms. The van der Waals surface area contributed by atoms with E-state index in [1.54, 1.807) is 0 Å². The molecule has 4 heteroatoms. The topological polar surface area (TPSA) is 55.0 Å². The van der Waals surface area contributed by atoms with Gasteiger partial charge in [0.05, 0.1) is 0 Å². The van der Waals surface area contributed by atoms with Gasteiger partial charge in [0.15, 0.2) is 0 Å². The van der Waals surface area contributed by atoms with Crippen LogP contribution in [0.3, 0.4) is 0 Å². The summed E-state index contributed by atoms with van der Waals surface area (Å²) in [4.78, 5) is 11.1. The second-order valence-corrected chi connectivity index (χ2v) is 5.18. The van der Waals surface area contributed by atoms with Gasteiger partial charge in [0.1, 0.15) is 17.5 Å². The van der Waals surface area contributed by atoms with Gasteiger partial charge in [-0.25, -0.2) is 9.97 Å². The van der Waals surface area contributed by atoms with Crippen molar-refractivity contribution < 1.29 is 0 Å². The second-order valence-electron chi connectivity index (χ2n) is 5.18. The van der Waals surface area contributed by atoms with Crippen LogP contribution in [-0.2, 0) is 6.42 Å². The zero-order valence-corrected chi connectivity index (χ0v) is 11.5. The fourth-order valence-corrected chi connectivity index (χ4v) is 2.67. The Morgan fingerprint density at radius 3 is 2.50 bits per heavy atom. The van der Waals surface area contributed by atoms with Gasteiger partial charge < -0.3 is 10.6 Å². The van der Waals surface area contributed by atoms with Crippen LogP contribution in [-0.4, -0.2) is 23.1 Å². The molecule has 0 atom stereocenters. The molecule has 0 aromatic carbocycles. The minimum atomic E-state index is 0.581. The molecule has 2 rings (SSSR count). The summed E-state index contributed by atoms with van der Waals surface area (Å²) in [5, 5.41) is 0. The highest BCUT2D eigenvalue weighted by molar-refractivity contribution is 5.47. The standard InChI is InChI=1S/C14H24N4/c1-3-13-16-12(15)10-14(17-13)18(2)11-8-6-4-5-7-9-11/h10-11H,3-9H2,1-2H3,(H2,15,16,17). The highest BCUT2D eigenvalue weighted by Gasteiger charge is 2.18. The number of hydrogen-bond donors (Lipinski definition) is 1. The summed E-state index contributed by atoms with van der Waals surface area (Å²) < 4.78 is 0. The van der Waals surface area contributed by atoms with Crippen molar-refractivity contribution in [3.63, 3.8) is 0 Å². The third-order valence-electron chi connectivity index (χ3n) is 3.83. The van der Waals surface area contributed by atoms with Gasteiger partial charge in [0.2, 0.25) is 0 Å². The molecule has 0 amide bonds. The molecule has 2 N–H and O–H groups in total. The van der Waals surface area contributed by atoms with Gasteiger partial charge in [0, 0.05) is 25.6 Å². The fraction of sp³-hybridized carbons (Fsp3) is 0.714. The average Bonchev–Trinajstić information content (AvgIpc) is 2.65. The molecule has 4 nitrogen and oxygen atoms in total. The Bertz CT molecular complexity index is 383. The summed E-state index contributed by atoms with van der Waals surface area (Å²) in [6.07, 6.45) is 8.76. The Hall–Kier alpha value is -1.32. The molecule has 0 unspecified atom stereocenters. The van der Waals surface area contributed by atoms with Crippen molar-refractivity contribution in [1.29, 1.82) is 0 Å². The molecular formula is C14H24N4. The van der Waals surface area contributed by atoms with Crippen molar-refractivity contribution in [2.45, 2.75) is 57.9 Å². The van der Waals surface area contributed by atoms with Crippen LogP contribution in [0.1, 0.15) is 51.3 Å². The molecule has 1 aromatic rings. The van der Waals surface area contributed by atoms with Crippen molar-refractivity contribution in [1.82, 2.24) is 9.97 Å². The predicted octanol–water partition coefficient (Wildman–Crippen LogP) is 2.78. The van der Waals surface area contributed by atoms with Gasteiger partial charge in [0.25, 0.3) is 0 Å². The Kier molecular flexibility index (Phi) is 4.39. The molecule has 18 heavy (non-hydrogen) atoms. The zero-order chi connectivity index (χ0) is 13.0. The van der Waals surface area contributed by atoms with Crippen LogP contribution >= 0.6 is 0 Å². The first-order valence-corrected chi connectivity index (χ1v) is 7.07. The largest absolute Gasteiger partial charge is 0.384 e. The minimum Gasteiger partial charge on any atom is -0.384 e. The summed E-state index contributed by atoms with van der Waals surface area (Å²) in [6.45, 7) is 2.06. The van der Waals surface area contributed by atoms with Crippen LogP contribution in [0.4, 0.5) is 11.6 Å². The molecule has 0 aliphatic heterocycles. The quantitative estimate of drug-likeness (QED) is 0.836. The number of nitrogens with two attached hydrogens (primary N) is 1. The van der Waals surface area contributed by atoms with E-state index in [-0.39, 0.29) is 0 Å². The smallest absolute Gasteiger partial charge is 0.134 e. The normalized spacial score (nSPS) is 17.4. The highest BCUT2D eigenvalue weighted by atomic mass is 15.2. The van der Waals surface area contributed by atoms with Gasteiger partial charge in [-0.1, -0.05) is 32.6 Å². The van der Waals surface area contributed by atoms with Crippen LogP contribution in [0.5, 0.6) is 0 Å². The van der Waals surface area contributed by atoms with Crippen LogP contribution in [0.15, 0.2) is 6.07 Å². The summed E-state index contributed by atoms with van der Waals surface area (Å²) in [7, 11) is 2.14. The molecule has 0 spiro atoms. The number of nitrogen functional groups attached to an aromatic ring is 1. The molecule has 1 aliphatic carbocycles. The number of aromatic nitrogens is 2. The van der Waals surface area contributed by atoms with Gasteiger partial charge >= 0.3 is 0 Å². The predicted molar refractivity (Wildman–Crippen MR) is 75.7 cm³/mol. The maximum absolute atomic E-state index is 5.86. The average molecular weight is 248 g/mol. The number of hydrogen-bond acceptors (Lipinski definition) is 4. The van der Waals surface area contributed by atoms with E-state index in [1.807, 2.05) is 6.07 Å². The van der Waals surface area contributed by atoms with Crippen molar-refractivity contribution >= 4 is 11.6 Å². The van der Waals surface area contributed by atoms with Crippen molar-refractivity contribution in [3.05, 3.63) is 11.9 Å².